The van der Waals surface area contributed by atoms with Gasteiger partial charge in [-0.3, -0.25) is 18.8 Å². The number of hydrogen-bond acceptors (Lipinski definition) is 4. The first kappa shape index (κ1) is 18.0. The first-order chi connectivity index (χ1) is 13.5. The minimum Gasteiger partial charge on any atom is -0.324 e. The number of aryl methyl sites for hydroxylation is 2. The summed E-state index contributed by atoms with van der Waals surface area (Å²) in [6.07, 6.45) is 7.05. The molecule has 3 heterocycles. The van der Waals surface area contributed by atoms with Crippen molar-refractivity contribution in [1.29, 1.82) is 0 Å². The maximum Gasteiger partial charge on any atom is 0.246 e. The number of rotatable bonds is 5. The van der Waals surface area contributed by atoms with Crippen LogP contribution in [0.1, 0.15) is 0 Å². The molecule has 0 radical (unpaired) electrons. The Morgan fingerprint density at radius 1 is 1.04 bits per heavy atom. The van der Waals surface area contributed by atoms with Crippen LogP contribution in [-0.2, 0) is 25.4 Å². The molecule has 0 bridgehead atoms. The van der Waals surface area contributed by atoms with Crippen LogP contribution in [0.2, 0.25) is 5.02 Å². The lowest BCUT2D eigenvalue weighted by atomic mass is 10.2. The van der Waals surface area contributed by atoms with Gasteiger partial charge in [0.25, 0.3) is 0 Å². The molecule has 0 fully saturated rings. The Labute approximate surface area is 166 Å². The van der Waals surface area contributed by atoms with Crippen molar-refractivity contribution in [3.05, 3.63) is 60.1 Å². The SMILES string of the molecule is Cn1cc(-c2nn(CC(=O)Nc3ccccc3)c(-c3cnn(C)c3)c2Cl)cn1. The van der Waals surface area contributed by atoms with E-state index in [4.69, 9.17) is 11.6 Å². The first-order valence-corrected chi connectivity index (χ1v) is 8.98. The Morgan fingerprint density at radius 2 is 1.68 bits per heavy atom. The molecule has 0 aliphatic carbocycles. The van der Waals surface area contributed by atoms with E-state index in [1.165, 1.54) is 0 Å². The Balaban J connectivity index is 1.71. The van der Waals surface area contributed by atoms with Gasteiger partial charge in [0.2, 0.25) is 5.91 Å². The highest BCUT2D eigenvalue weighted by Gasteiger charge is 2.22. The summed E-state index contributed by atoms with van der Waals surface area (Å²) in [5.41, 5.74) is 3.49. The summed E-state index contributed by atoms with van der Waals surface area (Å²) >= 11 is 6.67. The molecule has 1 N–H and O–H groups in total. The summed E-state index contributed by atoms with van der Waals surface area (Å²) < 4.78 is 4.95. The van der Waals surface area contributed by atoms with E-state index in [2.05, 4.69) is 20.6 Å². The van der Waals surface area contributed by atoms with Crippen LogP contribution in [0.15, 0.2) is 55.1 Å². The van der Waals surface area contributed by atoms with Crippen LogP contribution in [0, 0.1) is 0 Å². The third-order valence-electron chi connectivity index (χ3n) is 4.20. The number of nitrogens with zero attached hydrogens (tertiary/aromatic N) is 6. The van der Waals surface area contributed by atoms with Gasteiger partial charge < -0.3 is 5.32 Å². The normalized spacial score (nSPS) is 11.0. The lowest BCUT2D eigenvalue weighted by Gasteiger charge is -2.08. The standard InChI is InChI=1S/C19H18ClN7O/c1-25-10-13(8-21-25)18-17(20)19(14-9-22-26(2)11-14)27(24-18)12-16(28)23-15-6-4-3-5-7-15/h3-11H,12H2,1-2H3,(H,23,28). The lowest BCUT2D eigenvalue weighted by molar-refractivity contribution is -0.116. The zero-order valence-corrected chi connectivity index (χ0v) is 16.1. The summed E-state index contributed by atoms with van der Waals surface area (Å²) in [5, 5.41) is 16.3. The van der Waals surface area contributed by atoms with Gasteiger partial charge in [-0.05, 0) is 12.1 Å². The van der Waals surface area contributed by atoms with Gasteiger partial charge in [-0.2, -0.15) is 15.3 Å². The van der Waals surface area contributed by atoms with Crippen molar-refractivity contribution in [2.24, 2.45) is 14.1 Å². The highest BCUT2D eigenvalue weighted by Crippen LogP contribution is 2.36. The molecule has 1 amide bonds. The van der Waals surface area contributed by atoms with Crippen molar-refractivity contribution >= 4 is 23.2 Å². The van der Waals surface area contributed by atoms with E-state index >= 15 is 0 Å². The molecule has 1 aromatic carbocycles. The van der Waals surface area contributed by atoms with Gasteiger partial charge in [0.15, 0.2) is 0 Å². The number of carbonyl (C=O) groups is 1. The number of anilines is 1. The van der Waals surface area contributed by atoms with Gasteiger partial charge in [-0.1, -0.05) is 29.8 Å². The second-order valence-corrected chi connectivity index (χ2v) is 6.77. The molecular weight excluding hydrogens is 378 g/mol. The number of aromatic nitrogens is 6. The number of halogens is 1. The maximum atomic E-state index is 12.6. The summed E-state index contributed by atoms with van der Waals surface area (Å²) in [4.78, 5) is 12.6. The van der Waals surface area contributed by atoms with Gasteiger partial charge in [0, 0.05) is 43.3 Å². The van der Waals surface area contributed by atoms with Gasteiger partial charge in [0.1, 0.15) is 12.2 Å². The van der Waals surface area contributed by atoms with Crippen LogP contribution in [0.4, 0.5) is 5.69 Å². The van der Waals surface area contributed by atoms with Crippen molar-refractivity contribution in [1.82, 2.24) is 29.3 Å². The monoisotopic (exact) mass is 395 g/mol. The van der Waals surface area contributed by atoms with Crippen LogP contribution in [0.25, 0.3) is 22.5 Å². The minimum atomic E-state index is -0.201. The molecule has 4 rings (SSSR count). The van der Waals surface area contributed by atoms with E-state index in [0.29, 0.717) is 16.4 Å². The maximum absolute atomic E-state index is 12.6. The summed E-state index contributed by atoms with van der Waals surface area (Å²) in [5.74, 6) is -0.201. The van der Waals surface area contributed by atoms with E-state index in [0.717, 1.165) is 16.8 Å². The molecule has 8 nitrogen and oxygen atoms in total. The van der Waals surface area contributed by atoms with Crippen molar-refractivity contribution in [2.75, 3.05) is 5.32 Å². The zero-order chi connectivity index (χ0) is 19.7. The summed E-state index contributed by atoms with van der Waals surface area (Å²) in [6, 6.07) is 9.28. The Morgan fingerprint density at radius 3 is 2.29 bits per heavy atom. The topological polar surface area (TPSA) is 82.6 Å². The molecule has 0 atom stereocenters. The van der Waals surface area contributed by atoms with Crippen molar-refractivity contribution in [2.45, 2.75) is 6.54 Å². The fourth-order valence-electron chi connectivity index (χ4n) is 2.96. The third-order valence-corrected chi connectivity index (χ3v) is 4.56. The molecule has 0 aliphatic rings. The molecule has 9 heteroatoms. The van der Waals surface area contributed by atoms with Crippen LogP contribution in [0.3, 0.4) is 0 Å². The number of hydrogen-bond donors (Lipinski definition) is 1. The van der Waals surface area contributed by atoms with Crippen LogP contribution < -0.4 is 5.32 Å². The van der Waals surface area contributed by atoms with E-state index < -0.39 is 0 Å². The molecule has 0 saturated carbocycles. The molecule has 142 valence electrons. The smallest absolute Gasteiger partial charge is 0.246 e. The summed E-state index contributed by atoms with van der Waals surface area (Å²) in [7, 11) is 3.64. The minimum absolute atomic E-state index is 0.0130. The summed E-state index contributed by atoms with van der Waals surface area (Å²) in [6.45, 7) is 0.0130. The highest BCUT2D eigenvalue weighted by molar-refractivity contribution is 6.35. The predicted molar refractivity (Wildman–Crippen MR) is 107 cm³/mol. The predicted octanol–water partition coefficient (Wildman–Crippen LogP) is 2.98. The average Bonchev–Trinajstić information content (AvgIpc) is 3.35. The Kier molecular flexibility index (Phi) is 4.70. The van der Waals surface area contributed by atoms with Crippen molar-refractivity contribution in [3.8, 4) is 22.5 Å². The van der Waals surface area contributed by atoms with Gasteiger partial charge in [-0.25, -0.2) is 0 Å². The lowest BCUT2D eigenvalue weighted by Crippen LogP contribution is -2.20. The molecule has 3 aromatic heterocycles. The fourth-order valence-corrected chi connectivity index (χ4v) is 3.31. The Bertz CT molecular complexity index is 1130. The van der Waals surface area contributed by atoms with E-state index in [1.807, 2.05) is 56.8 Å². The second-order valence-electron chi connectivity index (χ2n) is 6.39. The second kappa shape index (κ2) is 7.32. The van der Waals surface area contributed by atoms with E-state index in [9.17, 15) is 4.79 Å². The molecule has 4 aromatic rings. The number of benzene rings is 1. The number of para-hydroxylation sites is 1. The third kappa shape index (κ3) is 3.54. The van der Waals surface area contributed by atoms with Crippen molar-refractivity contribution in [3.63, 3.8) is 0 Å². The fraction of sp³-hybridized carbons (Fsp3) is 0.158. The van der Waals surface area contributed by atoms with E-state index in [1.54, 1.807) is 26.4 Å². The molecule has 28 heavy (non-hydrogen) atoms. The van der Waals surface area contributed by atoms with Crippen LogP contribution in [0.5, 0.6) is 0 Å². The highest BCUT2D eigenvalue weighted by atomic mass is 35.5. The quantitative estimate of drug-likeness (QED) is 0.563. The van der Waals surface area contributed by atoms with Gasteiger partial charge in [0.05, 0.1) is 23.1 Å². The molecule has 0 aliphatic heterocycles. The zero-order valence-electron chi connectivity index (χ0n) is 15.4. The van der Waals surface area contributed by atoms with Crippen LogP contribution >= 0.6 is 11.6 Å². The molecule has 0 saturated heterocycles. The van der Waals surface area contributed by atoms with Gasteiger partial charge >= 0.3 is 0 Å². The number of carbonyl (C=O) groups excluding carboxylic acids is 1. The van der Waals surface area contributed by atoms with Crippen molar-refractivity contribution < 1.29 is 4.79 Å². The molecule has 0 unspecified atom stereocenters. The number of nitrogens with one attached hydrogen (secondary N) is 1. The first-order valence-electron chi connectivity index (χ1n) is 8.60. The molecular formula is C19H18ClN7O. The average molecular weight is 396 g/mol. The number of amides is 1. The largest absolute Gasteiger partial charge is 0.324 e. The van der Waals surface area contributed by atoms with Gasteiger partial charge in [-0.15, -0.1) is 0 Å². The molecule has 0 spiro atoms. The Hall–Kier alpha value is -3.39. The van der Waals surface area contributed by atoms with Crippen LogP contribution in [-0.4, -0.2) is 35.2 Å². The van der Waals surface area contributed by atoms with E-state index in [-0.39, 0.29) is 12.5 Å².